The molecule has 2 aliphatic rings. The molecule has 2 bridgehead atoms. The molecule has 0 aromatic carbocycles. The van der Waals surface area contributed by atoms with Gasteiger partial charge in [0, 0.05) is 5.25 Å². The van der Waals surface area contributed by atoms with Gasteiger partial charge in [-0.3, -0.25) is 0 Å². The maximum absolute atomic E-state index is 4.65. The molecule has 2 aliphatic carbocycles. The molecular weight excluding hydrogens is 140 g/mol. The molecule has 0 aromatic heterocycles. The van der Waals surface area contributed by atoms with E-state index in [1.54, 1.807) is 0 Å². The van der Waals surface area contributed by atoms with Crippen LogP contribution >= 0.6 is 12.6 Å². The van der Waals surface area contributed by atoms with Gasteiger partial charge in [-0.1, -0.05) is 13.8 Å². The zero-order valence-corrected chi connectivity index (χ0v) is 7.64. The lowest BCUT2D eigenvalue weighted by Gasteiger charge is -2.28. The van der Waals surface area contributed by atoms with Gasteiger partial charge in [0.1, 0.15) is 0 Å². The highest BCUT2D eigenvalue weighted by molar-refractivity contribution is 7.81. The summed E-state index contributed by atoms with van der Waals surface area (Å²) in [5.74, 6) is 3.82. The van der Waals surface area contributed by atoms with Crippen molar-refractivity contribution >= 4 is 12.6 Å². The predicted molar refractivity (Wildman–Crippen MR) is 47.3 cm³/mol. The molecule has 2 saturated carbocycles. The average molecular weight is 156 g/mol. The highest BCUT2D eigenvalue weighted by Crippen LogP contribution is 2.53. The van der Waals surface area contributed by atoms with E-state index in [0.717, 1.165) is 23.7 Å². The summed E-state index contributed by atoms with van der Waals surface area (Å²) in [6, 6.07) is 0. The summed E-state index contributed by atoms with van der Waals surface area (Å²) >= 11 is 4.65. The van der Waals surface area contributed by atoms with Gasteiger partial charge >= 0.3 is 0 Å². The normalized spacial score (nSPS) is 59.7. The summed E-state index contributed by atoms with van der Waals surface area (Å²) in [4.78, 5) is 0. The molecule has 0 aromatic rings. The van der Waals surface area contributed by atoms with Crippen molar-refractivity contribution in [1.29, 1.82) is 0 Å². The van der Waals surface area contributed by atoms with Crippen LogP contribution in [0, 0.1) is 23.7 Å². The van der Waals surface area contributed by atoms with Crippen molar-refractivity contribution in [2.75, 3.05) is 0 Å². The molecule has 0 saturated heterocycles. The van der Waals surface area contributed by atoms with Gasteiger partial charge in [0.05, 0.1) is 0 Å². The van der Waals surface area contributed by atoms with E-state index in [2.05, 4.69) is 26.5 Å². The summed E-state index contributed by atoms with van der Waals surface area (Å²) in [6.45, 7) is 4.76. The first kappa shape index (κ1) is 7.02. The molecule has 0 nitrogen and oxygen atoms in total. The maximum Gasteiger partial charge on any atom is 0.00760 e. The maximum atomic E-state index is 4.65. The van der Waals surface area contributed by atoms with Crippen LogP contribution in [-0.4, -0.2) is 5.25 Å². The highest BCUT2D eigenvalue weighted by Gasteiger charge is 2.47. The van der Waals surface area contributed by atoms with E-state index in [4.69, 9.17) is 0 Å². The minimum absolute atomic E-state index is 0.716. The van der Waals surface area contributed by atoms with Crippen LogP contribution in [0.4, 0.5) is 0 Å². The van der Waals surface area contributed by atoms with Gasteiger partial charge in [-0.15, -0.1) is 0 Å². The Morgan fingerprint density at radius 2 is 1.90 bits per heavy atom. The summed E-state index contributed by atoms with van der Waals surface area (Å²) in [5.41, 5.74) is 0. The van der Waals surface area contributed by atoms with Crippen LogP contribution < -0.4 is 0 Å². The van der Waals surface area contributed by atoms with Crippen molar-refractivity contribution < 1.29 is 0 Å². The van der Waals surface area contributed by atoms with Crippen molar-refractivity contribution in [2.45, 2.75) is 31.9 Å². The zero-order chi connectivity index (χ0) is 7.30. The van der Waals surface area contributed by atoms with Crippen LogP contribution in [0.5, 0.6) is 0 Å². The Bertz CT molecular complexity index is 142. The number of hydrogen-bond acceptors (Lipinski definition) is 1. The van der Waals surface area contributed by atoms with E-state index in [-0.39, 0.29) is 0 Å². The topological polar surface area (TPSA) is 0 Å². The van der Waals surface area contributed by atoms with E-state index < -0.39 is 0 Å². The molecule has 5 unspecified atom stereocenters. The Morgan fingerprint density at radius 3 is 2.30 bits per heavy atom. The van der Waals surface area contributed by atoms with Crippen LogP contribution in [0.15, 0.2) is 0 Å². The van der Waals surface area contributed by atoms with Crippen LogP contribution in [0.25, 0.3) is 0 Å². The van der Waals surface area contributed by atoms with Crippen LogP contribution in [0.1, 0.15) is 26.7 Å². The van der Waals surface area contributed by atoms with E-state index in [0.29, 0.717) is 5.25 Å². The van der Waals surface area contributed by atoms with Gasteiger partial charge in [-0.05, 0) is 36.5 Å². The first-order valence-electron chi connectivity index (χ1n) is 4.38. The van der Waals surface area contributed by atoms with Gasteiger partial charge < -0.3 is 0 Å². The summed E-state index contributed by atoms with van der Waals surface area (Å²) in [7, 11) is 0. The second-order valence-electron chi connectivity index (χ2n) is 4.22. The molecule has 1 heteroatoms. The van der Waals surface area contributed by atoms with Gasteiger partial charge in [-0.25, -0.2) is 0 Å². The Kier molecular flexibility index (Phi) is 1.52. The van der Waals surface area contributed by atoms with Crippen molar-refractivity contribution in [3.05, 3.63) is 0 Å². The summed E-state index contributed by atoms with van der Waals surface area (Å²) < 4.78 is 0. The second kappa shape index (κ2) is 2.17. The molecular formula is C9H16S. The molecule has 0 spiro atoms. The lowest BCUT2D eigenvalue weighted by atomic mass is 9.84. The smallest absolute Gasteiger partial charge is 0.00760 e. The van der Waals surface area contributed by atoms with Crippen molar-refractivity contribution in [2.24, 2.45) is 23.7 Å². The van der Waals surface area contributed by atoms with Gasteiger partial charge in [0.25, 0.3) is 0 Å². The van der Waals surface area contributed by atoms with E-state index in [9.17, 15) is 0 Å². The van der Waals surface area contributed by atoms with Crippen molar-refractivity contribution in [3.8, 4) is 0 Å². The minimum atomic E-state index is 0.716. The van der Waals surface area contributed by atoms with Gasteiger partial charge in [-0.2, -0.15) is 12.6 Å². The minimum Gasteiger partial charge on any atom is -0.175 e. The fraction of sp³-hybridized carbons (Fsp3) is 1.00. The summed E-state index contributed by atoms with van der Waals surface area (Å²) in [5, 5.41) is 0.716. The van der Waals surface area contributed by atoms with Crippen LogP contribution in [-0.2, 0) is 0 Å². The molecule has 58 valence electrons. The second-order valence-corrected chi connectivity index (χ2v) is 4.82. The number of hydrogen-bond donors (Lipinski definition) is 1. The first-order chi connectivity index (χ1) is 4.70. The molecule has 5 atom stereocenters. The Labute approximate surface area is 68.8 Å². The summed E-state index contributed by atoms with van der Waals surface area (Å²) in [6.07, 6.45) is 2.94. The molecule has 10 heavy (non-hydrogen) atoms. The molecule has 2 fully saturated rings. The third-order valence-corrected chi connectivity index (χ3v) is 4.55. The quantitative estimate of drug-likeness (QED) is 0.512. The molecule has 0 radical (unpaired) electrons. The number of thiol groups is 1. The average Bonchev–Trinajstić information content (AvgIpc) is 2.36. The predicted octanol–water partition coefficient (Wildman–Crippen LogP) is 2.60. The number of rotatable bonds is 0. The molecule has 0 N–H and O–H groups in total. The van der Waals surface area contributed by atoms with Crippen LogP contribution in [0.2, 0.25) is 0 Å². The standard InChI is InChI=1S/C9H16S/c1-5-3-7-4-8(5)9(10)6(7)2/h5-10H,3-4H2,1-2H3. The monoisotopic (exact) mass is 156 g/mol. The number of fused-ring (bicyclic) bond motifs is 2. The van der Waals surface area contributed by atoms with Gasteiger partial charge in [0.2, 0.25) is 0 Å². The highest BCUT2D eigenvalue weighted by atomic mass is 32.1. The van der Waals surface area contributed by atoms with Crippen LogP contribution in [0.3, 0.4) is 0 Å². The molecule has 0 heterocycles. The molecule has 0 amide bonds. The zero-order valence-electron chi connectivity index (χ0n) is 6.75. The SMILES string of the molecule is CC1CC2CC1C(S)C2C. The Hall–Kier alpha value is 0.350. The van der Waals surface area contributed by atoms with E-state index in [1.807, 2.05) is 0 Å². The van der Waals surface area contributed by atoms with E-state index in [1.165, 1.54) is 12.8 Å². The lowest BCUT2D eigenvalue weighted by molar-refractivity contribution is 0.300. The fourth-order valence-electron chi connectivity index (χ4n) is 2.90. The van der Waals surface area contributed by atoms with Crippen molar-refractivity contribution in [1.82, 2.24) is 0 Å². The van der Waals surface area contributed by atoms with Crippen molar-refractivity contribution in [3.63, 3.8) is 0 Å². The molecule has 2 rings (SSSR count). The Morgan fingerprint density at radius 1 is 1.20 bits per heavy atom. The first-order valence-corrected chi connectivity index (χ1v) is 4.90. The largest absolute Gasteiger partial charge is 0.175 e. The third-order valence-electron chi connectivity index (χ3n) is 3.70. The fourth-order valence-corrected chi connectivity index (χ4v) is 3.56. The van der Waals surface area contributed by atoms with E-state index >= 15 is 0 Å². The third kappa shape index (κ3) is 0.761. The molecule has 0 aliphatic heterocycles. The lowest BCUT2D eigenvalue weighted by Crippen LogP contribution is -2.25. The Balaban J connectivity index is 2.16. The van der Waals surface area contributed by atoms with Gasteiger partial charge in [0.15, 0.2) is 0 Å².